The van der Waals surface area contributed by atoms with Gasteiger partial charge in [0.1, 0.15) is 5.92 Å². The van der Waals surface area contributed by atoms with E-state index in [-0.39, 0.29) is 34.5 Å². The molecule has 0 saturated carbocycles. The molecule has 1 aromatic carbocycles. The minimum atomic E-state index is -0.982. The van der Waals surface area contributed by atoms with Gasteiger partial charge in [-0.15, -0.1) is 0 Å². The van der Waals surface area contributed by atoms with Gasteiger partial charge >= 0.3 is 5.97 Å². The SMILES string of the molecule is COC(=O)CCCCCCC(=O)Nc1ccc(C(C(=O)NCC(C)(C)C)C(=O)NCC(C)(C)C)cc1. The molecule has 0 bridgehead atoms. The second-order valence-corrected chi connectivity index (χ2v) is 11.7. The summed E-state index contributed by atoms with van der Waals surface area (Å²) in [6.45, 7) is 13.0. The molecule has 0 atom stereocenters. The van der Waals surface area contributed by atoms with Crippen molar-refractivity contribution in [2.75, 3.05) is 25.5 Å². The summed E-state index contributed by atoms with van der Waals surface area (Å²) in [5, 5.41) is 8.66. The molecular formula is C28H45N3O5. The number of carbonyl (C=O) groups excluding carboxylic acids is 4. The lowest BCUT2D eigenvalue weighted by molar-refractivity contribution is -0.140. The highest BCUT2D eigenvalue weighted by molar-refractivity contribution is 6.05. The predicted octanol–water partition coefficient (Wildman–Crippen LogP) is 4.55. The van der Waals surface area contributed by atoms with Gasteiger partial charge in [0.25, 0.3) is 0 Å². The molecule has 0 aliphatic rings. The van der Waals surface area contributed by atoms with Gasteiger partial charge < -0.3 is 20.7 Å². The number of hydrogen-bond acceptors (Lipinski definition) is 5. The van der Waals surface area contributed by atoms with Crippen LogP contribution in [0.4, 0.5) is 5.69 Å². The highest BCUT2D eigenvalue weighted by Gasteiger charge is 2.30. The Morgan fingerprint density at radius 3 is 1.67 bits per heavy atom. The van der Waals surface area contributed by atoms with E-state index in [1.165, 1.54) is 7.11 Å². The van der Waals surface area contributed by atoms with E-state index in [4.69, 9.17) is 0 Å². The van der Waals surface area contributed by atoms with Crippen LogP contribution < -0.4 is 16.0 Å². The minimum Gasteiger partial charge on any atom is -0.469 e. The number of rotatable bonds is 13. The van der Waals surface area contributed by atoms with Crippen molar-refractivity contribution in [3.63, 3.8) is 0 Å². The molecule has 0 spiro atoms. The lowest BCUT2D eigenvalue weighted by Crippen LogP contribution is -2.44. The zero-order chi connectivity index (χ0) is 27.4. The molecule has 0 heterocycles. The summed E-state index contributed by atoms with van der Waals surface area (Å²) in [5.41, 5.74) is 0.949. The van der Waals surface area contributed by atoms with Crippen LogP contribution in [0.15, 0.2) is 24.3 Å². The van der Waals surface area contributed by atoms with Crippen LogP contribution in [0.3, 0.4) is 0 Å². The Kier molecular flexibility index (Phi) is 12.6. The zero-order valence-electron chi connectivity index (χ0n) is 23.1. The van der Waals surface area contributed by atoms with Crippen molar-refractivity contribution < 1.29 is 23.9 Å². The Morgan fingerprint density at radius 2 is 1.22 bits per heavy atom. The highest BCUT2D eigenvalue weighted by atomic mass is 16.5. The molecule has 8 heteroatoms. The van der Waals surface area contributed by atoms with E-state index in [1.807, 2.05) is 41.5 Å². The Bertz CT molecular complexity index is 837. The predicted molar refractivity (Wildman–Crippen MR) is 142 cm³/mol. The fourth-order valence-electron chi connectivity index (χ4n) is 3.32. The number of benzene rings is 1. The monoisotopic (exact) mass is 503 g/mol. The molecule has 1 rings (SSSR count). The summed E-state index contributed by atoms with van der Waals surface area (Å²) in [7, 11) is 1.38. The topological polar surface area (TPSA) is 114 Å². The van der Waals surface area contributed by atoms with Crippen molar-refractivity contribution in [3.8, 4) is 0 Å². The van der Waals surface area contributed by atoms with Gasteiger partial charge in [0.15, 0.2) is 0 Å². The maximum absolute atomic E-state index is 13.0. The summed E-state index contributed by atoms with van der Waals surface area (Å²) in [6, 6.07) is 6.84. The van der Waals surface area contributed by atoms with Crippen LogP contribution in [0.5, 0.6) is 0 Å². The number of unbranched alkanes of at least 4 members (excludes halogenated alkanes) is 3. The Balaban J connectivity index is 2.73. The zero-order valence-corrected chi connectivity index (χ0v) is 23.1. The van der Waals surface area contributed by atoms with Crippen LogP contribution in [0.25, 0.3) is 0 Å². The first-order valence-electron chi connectivity index (χ1n) is 12.7. The quantitative estimate of drug-likeness (QED) is 0.208. The Morgan fingerprint density at radius 1 is 0.750 bits per heavy atom. The molecule has 0 saturated heterocycles. The number of esters is 1. The van der Waals surface area contributed by atoms with Crippen LogP contribution in [0.2, 0.25) is 0 Å². The third-order valence-corrected chi connectivity index (χ3v) is 5.40. The van der Waals surface area contributed by atoms with Crippen LogP contribution in [-0.4, -0.2) is 43.9 Å². The number of methoxy groups -OCH3 is 1. The van der Waals surface area contributed by atoms with Crippen LogP contribution in [-0.2, 0) is 23.9 Å². The first-order valence-corrected chi connectivity index (χ1v) is 12.7. The van der Waals surface area contributed by atoms with Gasteiger partial charge in [-0.1, -0.05) is 66.5 Å². The van der Waals surface area contributed by atoms with Crippen molar-refractivity contribution in [1.82, 2.24) is 10.6 Å². The van der Waals surface area contributed by atoms with Gasteiger partial charge in [0.2, 0.25) is 17.7 Å². The maximum atomic E-state index is 13.0. The maximum Gasteiger partial charge on any atom is 0.305 e. The Hall–Kier alpha value is -2.90. The summed E-state index contributed by atoms with van der Waals surface area (Å²) < 4.78 is 4.61. The highest BCUT2D eigenvalue weighted by Crippen LogP contribution is 2.22. The molecule has 0 unspecified atom stereocenters. The molecular weight excluding hydrogens is 458 g/mol. The normalized spacial score (nSPS) is 11.7. The third-order valence-electron chi connectivity index (χ3n) is 5.40. The van der Waals surface area contributed by atoms with E-state index in [0.29, 0.717) is 37.2 Å². The molecule has 3 N–H and O–H groups in total. The van der Waals surface area contributed by atoms with Crippen molar-refractivity contribution in [1.29, 1.82) is 0 Å². The summed E-state index contributed by atoms with van der Waals surface area (Å²) in [6.07, 6.45) is 4.00. The molecule has 0 aliphatic heterocycles. The average molecular weight is 504 g/mol. The van der Waals surface area contributed by atoms with Gasteiger partial charge in [0.05, 0.1) is 7.11 Å². The van der Waals surface area contributed by atoms with Crippen molar-refractivity contribution in [2.45, 2.75) is 86.0 Å². The fraction of sp³-hybridized carbons (Fsp3) is 0.643. The van der Waals surface area contributed by atoms with Gasteiger partial charge in [-0.3, -0.25) is 19.2 Å². The number of nitrogens with one attached hydrogen (secondary N) is 3. The second-order valence-electron chi connectivity index (χ2n) is 11.7. The standard InChI is InChI=1S/C28H45N3O5/c1-27(2,3)18-29-25(34)24(26(35)30-19-28(4,5)6)20-14-16-21(17-15-20)31-22(32)12-10-8-9-11-13-23(33)36-7/h14-17,24H,8-13,18-19H2,1-7H3,(H,29,34)(H,30,35)(H,31,32). The molecule has 0 aliphatic carbocycles. The van der Waals surface area contributed by atoms with Gasteiger partial charge in [0, 0.05) is 31.6 Å². The van der Waals surface area contributed by atoms with Crippen molar-refractivity contribution >= 4 is 29.4 Å². The van der Waals surface area contributed by atoms with E-state index >= 15 is 0 Å². The molecule has 0 aromatic heterocycles. The molecule has 8 nitrogen and oxygen atoms in total. The first-order chi connectivity index (χ1) is 16.7. The van der Waals surface area contributed by atoms with Crippen molar-refractivity contribution in [2.24, 2.45) is 10.8 Å². The molecule has 36 heavy (non-hydrogen) atoms. The number of amides is 3. The summed E-state index contributed by atoms with van der Waals surface area (Å²) in [4.78, 5) is 49.4. The molecule has 0 radical (unpaired) electrons. The van der Waals surface area contributed by atoms with Gasteiger partial charge in [-0.05, 0) is 41.4 Å². The van der Waals surface area contributed by atoms with E-state index in [2.05, 4.69) is 20.7 Å². The number of carbonyl (C=O) groups is 4. The van der Waals surface area contributed by atoms with Gasteiger partial charge in [-0.25, -0.2) is 0 Å². The van der Waals surface area contributed by atoms with Gasteiger partial charge in [-0.2, -0.15) is 0 Å². The molecule has 3 amide bonds. The van der Waals surface area contributed by atoms with E-state index in [0.717, 1.165) is 25.7 Å². The first kappa shape index (κ1) is 31.1. The lowest BCUT2D eigenvalue weighted by Gasteiger charge is -2.24. The number of hydrogen-bond donors (Lipinski definition) is 3. The van der Waals surface area contributed by atoms with Crippen molar-refractivity contribution in [3.05, 3.63) is 29.8 Å². The number of ether oxygens (including phenoxy) is 1. The summed E-state index contributed by atoms with van der Waals surface area (Å²) in [5.74, 6) is -1.99. The molecule has 1 aromatic rings. The lowest BCUT2D eigenvalue weighted by atomic mass is 9.93. The van der Waals surface area contributed by atoms with E-state index < -0.39 is 5.92 Å². The summed E-state index contributed by atoms with van der Waals surface area (Å²) >= 11 is 0. The largest absolute Gasteiger partial charge is 0.469 e. The number of anilines is 1. The van der Waals surface area contributed by atoms with E-state index in [9.17, 15) is 19.2 Å². The fourth-order valence-corrected chi connectivity index (χ4v) is 3.32. The van der Waals surface area contributed by atoms with Crippen LogP contribution >= 0.6 is 0 Å². The Labute approximate surface area is 216 Å². The minimum absolute atomic E-state index is 0.0990. The molecule has 0 fully saturated rings. The average Bonchev–Trinajstić information content (AvgIpc) is 2.78. The van der Waals surface area contributed by atoms with E-state index in [1.54, 1.807) is 24.3 Å². The smallest absolute Gasteiger partial charge is 0.305 e. The third kappa shape index (κ3) is 13.3. The molecule has 202 valence electrons. The second kappa shape index (κ2) is 14.6. The van der Waals surface area contributed by atoms with Crippen LogP contribution in [0.1, 0.15) is 91.5 Å². The van der Waals surface area contributed by atoms with Crippen LogP contribution in [0, 0.1) is 10.8 Å².